The summed E-state index contributed by atoms with van der Waals surface area (Å²) in [5.41, 5.74) is 1.06. The summed E-state index contributed by atoms with van der Waals surface area (Å²) in [4.78, 5) is 26.5. The summed E-state index contributed by atoms with van der Waals surface area (Å²) in [7, 11) is 0. The van der Waals surface area contributed by atoms with Crippen molar-refractivity contribution in [3.63, 3.8) is 0 Å². The number of nitrogens with one attached hydrogen (secondary N) is 2. The molecule has 0 spiro atoms. The van der Waals surface area contributed by atoms with Crippen molar-refractivity contribution in [2.24, 2.45) is 0 Å². The molecule has 1 aromatic heterocycles. The number of aromatic amines is 1. The highest BCUT2D eigenvalue weighted by atomic mass is 32.2. The molecular weight excluding hydrogens is 361 g/mol. The number of amides is 1. The minimum atomic E-state index is -0.454. The van der Waals surface area contributed by atoms with Crippen LogP contribution in [0.1, 0.15) is 15.9 Å². The third-order valence-corrected chi connectivity index (χ3v) is 4.21. The summed E-state index contributed by atoms with van der Waals surface area (Å²) in [6.45, 7) is 0. The Balaban J connectivity index is 1.59. The third kappa shape index (κ3) is 4.42. The van der Waals surface area contributed by atoms with Gasteiger partial charge in [0, 0.05) is 23.4 Å². The van der Waals surface area contributed by atoms with E-state index < -0.39 is 16.6 Å². The Morgan fingerprint density at radius 3 is 2.77 bits per heavy atom. The number of carbonyl (C=O) groups excluding carboxylic acids is 1. The molecule has 3 rings (SSSR count). The molecule has 0 aliphatic carbocycles. The molecule has 1 heterocycles. The lowest BCUT2D eigenvalue weighted by molar-refractivity contribution is -0.384. The number of anilines is 1. The fraction of sp³-hybridized carbons (Fsp3) is 0.0625. The Hall–Kier alpha value is -3.27. The van der Waals surface area contributed by atoms with Crippen LogP contribution in [0, 0.1) is 15.9 Å². The molecule has 0 aliphatic heterocycles. The van der Waals surface area contributed by atoms with Crippen LogP contribution in [-0.4, -0.2) is 26.0 Å². The van der Waals surface area contributed by atoms with Crippen molar-refractivity contribution in [2.45, 2.75) is 10.9 Å². The molecule has 132 valence electrons. The van der Waals surface area contributed by atoms with Crippen LogP contribution in [0.15, 0.2) is 53.7 Å². The number of thioether (sulfide) groups is 1. The topological polar surface area (TPSA) is 114 Å². The molecule has 0 aliphatic rings. The lowest BCUT2D eigenvalue weighted by Gasteiger charge is -2.01. The molecule has 0 bridgehead atoms. The van der Waals surface area contributed by atoms with E-state index in [1.807, 2.05) is 0 Å². The van der Waals surface area contributed by atoms with Gasteiger partial charge in [-0.15, -0.1) is 5.10 Å². The first-order valence-electron chi connectivity index (χ1n) is 7.37. The quantitative estimate of drug-likeness (QED) is 0.389. The van der Waals surface area contributed by atoms with Gasteiger partial charge >= 0.3 is 0 Å². The molecule has 0 fully saturated rings. The summed E-state index contributed by atoms with van der Waals surface area (Å²) < 4.78 is 12.9. The first kappa shape index (κ1) is 17.5. The predicted octanol–water partition coefficient (Wildman–Crippen LogP) is 3.40. The van der Waals surface area contributed by atoms with Crippen LogP contribution in [-0.2, 0) is 5.75 Å². The molecule has 1 amide bonds. The maximum atomic E-state index is 12.9. The van der Waals surface area contributed by atoms with Gasteiger partial charge in [0.25, 0.3) is 11.6 Å². The van der Waals surface area contributed by atoms with Crippen molar-refractivity contribution in [2.75, 3.05) is 5.32 Å². The molecule has 3 aromatic rings. The average Bonchev–Trinajstić information content (AvgIpc) is 3.08. The Bertz CT molecular complexity index is 945. The summed E-state index contributed by atoms with van der Waals surface area (Å²) in [6.07, 6.45) is 0. The van der Waals surface area contributed by atoms with Crippen LogP contribution in [0.2, 0.25) is 0 Å². The molecule has 2 aromatic carbocycles. The van der Waals surface area contributed by atoms with Gasteiger partial charge in [0.1, 0.15) is 5.82 Å². The van der Waals surface area contributed by atoms with Crippen molar-refractivity contribution >= 4 is 29.3 Å². The summed E-state index contributed by atoms with van der Waals surface area (Å²) in [5, 5.41) is 20.2. The maximum Gasteiger partial charge on any atom is 0.269 e. The van der Waals surface area contributed by atoms with Gasteiger partial charge in [0.15, 0.2) is 0 Å². The van der Waals surface area contributed by atoms with E-state index in [2.05, 4.69) is 20.5 Å². The Morgan fingerprint density at radius 2 is 2.04 bits per heavy atom. The number of halogens is 1. The van der Waals surface area contributed by atoms with Crippen molar-refractivity contribution in [1.29, 1.82) is 0 Å². The molecule has 10 heteroatoms. The number of H-pyrrole nitrogens is 1. The van der Waals surface area contributed by atoms with E-state index >= 15 is 0 Å². The zero-order valence-corrected chi connectivity index (χ0v) is 14.0. The Labute approximate surface area is 151 Å². The predicted molar refractivity (Wildman–Crippen MR) is 93.4 cm³/mol. The molecule has 8 nitrogen and oxygen atoms in total. The summed E-state index contributed by atoms with van der Waals surface area (Å²) in [6, 6.07) is 11.4. The van der Waals surface area contributed by atoms with Crippen molar-refractivity contribution in [3.8, 4) is 0 Å². The SMILES string of the molecule is O=C(Nc1nc(SCc2cccc([N+](=O)[O-])c2)n[nH]1)c1ccc(F)cc1. The highest BCUT2D eigenvalue weighted by molar-refractivity contribution is 7.98. The molecular formula is C16H12FN5O3S. The number of nitrogens with zero attached hydrogens (tertiary/aromatic N) is 3. The zero-order chi connectivity index (χ0) is 18.5. The molecule has 26 heavy (non-hydrogen) atoms. The van der Waals surface area contributed by atoms with Crippen LogP contribution < -0.4 is 5.32 Å². The molecule has 0 atom stereocenters. The first-order chi connectivity index (χ1) is 12.5. The van der Waals surface area contributed by atoms with Crippen LogP contribution in [0.25, 0.3) is 0 Å². The lowest BCUT2D eigenvalue weighted by atomic mass is 10.2. The number of hydrogen-bond acceptors (Lipinski definition) is 6. The number of rotatable bonds is 6. The number of non-ortho nitro benzene ring substituents is 1. The third-order valence-electron chi connectivity index (χ3n) is 3.29. The Morgan fingerprint density at radius 1 is 1.27 bits per heavy atom. The van der Waals surface area contributed by atoms with Gasteiger partial charge in [-0.05, 0) is 29.8 Å². The van der Waals surface area contributed by atoms with E-state index in [0.717, 1.165) is 5.56 Å². The first-order valence-corrected chi connectivity index (χ1v) is 8.35. The summed E-state index contributed by atoms with van der Waals surface area (Å²) in [5.74, 6) is -0.288. The zero-order valence-electron chi connectivity index (χ0n) is 13.2. The number of carbonyl (C=O) groups is 1. The number of hydrogen-bond donors (Lipinski definition) is 2. The van der Waals surface area contributed by atoms with Crippen molar-refractivity contribution < 1.29 is 14.1 Å². The van der Waals surface area contributed by atoms with E-state index in [0.29, 0.717) is 10.9 Å². The number of aromatic nitrogens is 3. The second-order valence-corrected chi connectivity index (χ2v) is 6.09. The molecule has 0 saturated heterocycles. The normalized spacial score (nSPS) is 10.5. The fourth-order valence-corrected chi connectivity index (χ4v) is 2.80. The minimum absolute atomic E-state index is 0.0188. The number of nitro groups is 1. The van der Waals surface area contributed by atoms with E-state index in [-0.39, 0.29) is 17.2 Å². The van der Waals surface area contributed by atoms with Crippen molar-refractivity contribution in [3.05, 3.63) is 75.6 Å². The second-order valence-electron chi connectivity index (χ2n) is 5.14. The highest BCUT2D eigenvalue weighted by Gasteiger charge is 2.11. The molecule has 0 unspecified atom stereocenters. The number of nitro benzene ring substituents is 1. The standard InChI is InChI=1S/C16H12FN5O3S/c17-12-6-4-11(5-7-12)14(23)18-15-19-16(21-20-15)26-9-10-2-1-3-13(8-10)22(24)25/h1-8H,9H2,(H2,18,19,20,21,23). The van der Waals surface area contributed by atoms with E-state index in [4.69, 9.17) is 0 Å². The summed E-state index contributed by atoms with van der Waals surface area (Å²) >= 11 is 1.26. The van der Waals surface area contributed by atoms with Crippen LogP contribution in [0.4, 0.5) is 16.0 Å². The van der Waals surface area contributed by atoms with Gasteiger partial charge in [-0.3, -0.25) is 20.2 Å². The molecule has 2 N–H and O–H groups in total. The maximum absolute atomic E-state index is 12.9. The second kappa shape index (κ2) is 7.74. The van der Waals surface area contributed by atoms with E-state index in [1.54, 1.807) is 12.1 Å². The van der Waals surface area contributed by atoms with Gasteiger partial charge in [-0.1, -0.05) is 23.9 Å². The smallest absolute Gasteiger partial charge is 0.269 e. The highest BCUT2D eigenvalue weighted by Crippen LogP contribution is 2.22. The van der Waals surface area contributed by atoms with Gasteiger partial charge in [-0.25, -0.2) is 9.49 Å². The van der Waals surface area contributed by atoms with Crippen LogP contribution >= 0.6 is 11.8 Å². The average molecular weight is 373 g/mol. The van der Waals surface area contributed by atoms with Gasteiger partial charge in [0.2, 0.25) is 11.1 Å². The molecule has 0 saturated carbocycles. The van der Waals surface area contributed by atoms with Gasteiger partial charge in [-0.2, -0.15) is 4.98 Å². The van der Waals surface area contributed by atoms with E-state index in [1.165, 1.54) is 48.2 Å². The minimum Gasteiger partial charge on any atom is -0.291 e. The van der Waals surface area contributed by atoms with Crippen LogP contribution in [0.5, 0.6) is 0 Å². The largest absolute Gasteiger partial charge is 0.291 e. The Kier molecular flexibility index (Phi) is 5.23. The monoisotopic (exact) mass is 373 g/mol. The van der Waals surface area contributed by atoms with Gasteiger partial charge < -0.3 is 0 Å². The van der Waals surface area contributed by atoms with E-state index in [9.17, 15) is 19.3 Å². The van der Waals surface area contributed by atoms with Crippen LogP contribution in [0.3, 0.4) is 0 Å². The fourth-order valence-electron chi connectivity index (χ4n) is 2.06. The molecule has 0 radical (unpaired) electrons. The van der Waals surface area contributed by atoms with Gasteiger partial charge in [0.05, 0.1) is 4.92 Å². The lowest BCUT2D eigenvalue weighted by Crippen LogP contribution is -2.12. The van der Waals surface area contributed by atoms with Crippen molar-refractivity contribution in [1.82, 2.24) is 15.2 Å². The number of benzene rings is 2.